The molecule has 2 N–H and O–H groups in total. The number of nitrogens with zero attached hydrogens (tertiary/aromatic N) is 1. The van der Waals surface area contributed by atoms with Gasteiger partial charge in [-0.05, 0) is 19.8 Å². The number of likely N-dealkylation sites (tertiary alicyclic amines) is 1. The third kappa shape index (κ3) is 4.20. The number of aliphatic carboxylic acids is 1. The fraction of sp³-hybridized carbons (Fsp3) is 0.750. The van der Waals surface area contributed by atoms with Crippen molar-refractivity contribution in [1.82, 2.24) is 10.2 Å². The number of ether oxygens (including phenoxy) is 1. The maximum atomic E-state index is 12.1. The number of methoxy groups -OCH3 is 1. The van der Waals surface area contributed by atoms with Crippen LogP contribution in [0.15, 0.2) is 0 Å². The minimum atomic E-state index is -0.965. The number of esters is 1. The van der Waals surface area contributed by atoms with Crippen molar-refractivity contribution in [3.8, 4) is 0 Å². The first kappa shape index (κ1) is 15.4. The van der Waals surface area contributed by atoms with Crippen molar-refractivity contribution in [3.05, 3.63) is 0 Å². The number of hydrogen-bond acceptors (Lipinski definition) is 5. The molecule has 1 rings (SSSR count). The lowest BCUT2D eigenvalue weighted by atomic mass is 10.2. The average molecular weight is 272 g/mol. The van der Waals surface area contributed by atoms with Crippen molar-refractivity contribution in [2.75, 3.05) is 20.2 Å². The Bertz CT molecular complexity index is 358. The van der Waals surface area contributed by atoms with Crippen LogP contribution in [0.4, 0.5) is 0 Å². The van der Waals surface area contributed by atoms with Gasteiger partial charge in [0.2, 0.25) is 5.91 Å². The molecule has 2 atom stereocenters. The Balaban J connectivity index is 2.43. The Morgan fingerprint density at radius 1 is 1.47 bits per heavy atom. The van der Waals surface area contributed by atoms with Crippen molar-refractivity contribution in [2.45, 2.75) is 38.3 Å². The molecule has 1 aliphatic heterocycles. The number of carbonyl (C=O) groups excluding carboxylic acids is 2. The maximum absolute atomic E-state index is 12.1. The molecule has 0 radical (unpaired) electrons. The van der Waals surface area contributed by atoms with E-state index in [-0.39, 0.29) is 18.3 Å². The van der Waals surface area contributed by atoms with Crippen molar-refractivity contribution in [2.24, 2.45) is 0 Å². The van der Waals surface area contributed by atoms with E-state index in [9.17, 15) is 14.4 Å². The van der Waals surface area contributed by atoms with Gasteiger partial charge in [-0.15, -0.1) is 0 Å². The first-order valence-electron chi connectivity index (χ1n) is 6.31. The molecule has 7 heteroatoms. The van der Waals surface area contributed by atoms with E-state index in [4.69, 9.17) is 5.11 Å². The van der Waals surface area contributed by atoms with E-state index in [0.717, 1.165) is 0 Å². The summed E-state index contributed by atoms with van der Waals surface area (Å²) in [5.74, 6) is -1.56. The summed E-state index contributed by atoms with van der Waals surface area (Å²) in [6.07, 6.45) is 1.38. The third-order valence-corrected chi connectivity index (χ3v) is 3.20. The van der Waals surface area contributed by atoms with Gasteiger partial charge in [0, 0.05) is 13.1 Å². The van der Waals surface area contributed by atoms with Crippen molar-refractivity contribution >= 4 is 17.8 Å². The molecule has 1 saturated heterocycles. The van der Waals surface area contributed by atoms with Crippen LogP contribution in [-0.2, 0) is 19.1 Å². The SMILES string of the molecule is COC(=O)CCN[C@@H](C)C(=O)N1CCC[C@H]1C(=O)O. The van der Waals surface area contributed by atoms with E-state index in [1.165, 1.54) is 12.0 Å². The van der Waals surface area contributed by atoms with E-state index < -0.39 is 18.1 Å². The molecule has 0 aromatic heterocycles. The molecular weight excluding hydrogens is 252 g/mol. The Morgan fingerprint density at radius 2 is 2.16 bits per heavy atom. The molecule has 7 nitrogen and oxygen atoms in total. The summed E-state index contributed by atoms with van der Waals surface area (Å²) in [6.45, 7) is 2.46. The largest absolute Gasteiger partial charge is 0.480 e. The van der Waals surface area contributed by atoms with E-state index in [1.54, 1.807) is 6.92 Å². The number of hydrogen-bond donors (Lipinski definition) is 2. The number of carboxylic acid groups (broad SMARTS) is 1. The Labute approximate surface area is 111 Å². The van der Waals surface area contributed by atoms with Crippen LogP contribution in [-0.4, -0.2) is 60.1 Å². The fourth-order valence-electron chi connectivity index (χ4n) is 2.12. The number of carbonyl (C=O) groups is 3. The first-order valence-corrected chi connectivity index (χ1v) is 6.31. The summed E-state index contributed by atoms with van der Waals surface area (Å²) in [5, 5.41) is 11.9. The number of amides is 1. The highest BCUT2D eigenvalue weighted by molar-refractivity contribution is 5.87. The second-order valence-corrected chi connectivity index (χ2v) is 4.53. The molecule has 1 heterocycles. The zero-order chi connectivity index (χ0) is 14.4. The highest BCUT2D eigenvalue weighted by Crippen LogP contribution is 2.18. The van der Waals surface area contributed by atoms with Crippen LogP contribution in [0.1, 0.15) is 26.2 Å². The van der Waals surface area contributed by atoms with Gasteiger partial charge in [-0.25, -0.2) is 4.79 Å². The van der Waals surface area contributed by atoms with Crippen molar-refractivity contribution < 1.29 is 24.2 Å². The lowest BCUT2D eigenvalue weighted by Crippen LogP contribution is -2.49. The molecule has 0 spiro atoms. The second kappa shape index (κ2) is 7.08. The summed E-state index contributed by atoms with van der Waals surface area (Å²) in [7, 11) is 1.30. The molecule has 0 unspecified atom stereocenters. The highest BCUT2D eigenvalue weighted by Gasteiger charge is 2.35. The second-order valence-electron chi connectivity index (χ2n) is 4.53. The quantitative estimate of drug-likeness (QED) is 0.639. The standard InChI is InChI=1S/C12H20N2O5/c1-8(13-6-5-10(15)19-2)11(16)14-7-3-4-9(14)12(17)18/h8-9,13H,3-7H2,1-2H3,(H,17,18)/t8-,9-/m0/s1. The molecule has 0 saturated carbocycles. The summed E-state index contributed by atoms with van der Waals surface area (Å²) < 4.78 is 4.49. The molecule has 108 valence electrons. The summed E-state index contributed by atoms with van der Waals surface area (Å²) in [6, 6.07) is -1.23. The summed E-state index contributed by atoms with van der Waals surface area (Å²) in [4.78, 5) is 35.4. The van der Waals surface area contributed by atoms with Gasteiger partial charge >= 0.3 is 11.9 Å². The molecule has 0 aliphatic carbocycles. The Hall–Kier alpha value is -1.63. The zero-order valence-corrected chi connectivity index (χ0v) is 11.2. The normalized spacial score (nSPS) is 20.1. The van der Waals surface area contributed by atoms with Crippen LogP contribution in [0.3, 0.4) is 0 Å². The highest BCUT2D eigenvalue weighted by atomic mass is 16.5. The van der Waals surface area contributed by atoms with Crippen LogP contribution < -0.4 is 5.32 Å². The molecule has 0 bridgehead atoms. The number of nitrogens with one attached hydrogen (secondary N) is 1. The molecule has 19 heavy (non-hydrogen) atoms. The zero-order valence-electron chi connectivity index (χ0n) is 11.2. The lowest BCUT2D eigenvalue weighted by molar-refractivity contribution is -0.148. The van der Waals surface area contributed by atoms with Crippen molar-refractivity contribution in [1.29, 1.82) is 0 Å². The van der Waals surface area contributed by atoms with Gasteiger partial charge in [0.05, 0.1) is 19.6 Å². The monoisotopic (exact) mass is 272 g/mol. The minimum absolute atomic E-state index is 0.177. The van der Waals surface area contributed by atoms with Gasteiger partial charge in [0.15, 0.2) is 0 Å². The molecule has 1 fully saturated rings. The first-order chi connectivity index (χ1) is 8.97. The molecule has 1 aliphatic rings. The van der Waals surface area contributed by atoms with Crippen LogP contribution in [0.5, 0.6) is 0 Å². The smallest absolute Gasteiger partial charge is 0.326 e. The molecule has 1 amide bonds. The van der Waals surface area contributed by atoms with Gasteiger partial charge in [-0.1, -0.05) is 0 Å². The molecule has 0 aromatic carbocycles. The van der Waals surface area contributed by atoms with Gasteiger partial charge in [-0.3, -0.25) is 9.59 Å². The van der Waals surface area contributed by atoms with E-state index >= 15 is 0 Å². The maximum Gasteiger partial charge on any atom is 0.326 e. The number of carboxylic acids is 1. The summed E-state index contributed by atoms with van der Waals surface area (Å²) >= 11 is 0. The fourth-order valence-corrected chi connectivity index (χ4v) is 2.12. The third-order valence-electron chi connectivity index (χ3n) is 3.20. The van der Waals surface area contributed by atoms with E-state index in [0.29, 0.717) is 25.9 Å². The predicted octanol–water partition coefficient (Wildman–Crippen LogP) is -0.397. The Morgan fingerprint density at radius 3 is 2.74 bits per heavy atom. The van der Waals surface area contributed by atoms with Gasteiger partial charge in [0.1, 0.15) is 6.04 Å². The summed E-state index contributed by atoms with van der Waals surface area (Å²) in [5.41, 5.74) is 0. The molecule has 0 aromatic rings. The van der Waals surface area contributed by atoms with Crippen LogP contribution in [0.25, 0.3) is 0 Å². The molecular formula is C12H20N2O5. The number of rotatable bonds is 6. The van der Waals surface area contributed by atoms with Crippen LogP contribution >= 0.6 is 0 Å². The van der Waals surface area contributed by atoms with Gasteiger partial charge in [0.25, 0.3) is 0 Å². The van der Waals surface area contributed by atoms with Crippen LogP contribution in [0.2, 0.25) is 0 Å². The predicted molar refractivity (Wildman–Crippen MR) is 66.5 cm³/mol. The topological polar surface area (TPSA) is 95.9 Å². The van der Waals surface area contributed by atoms with Crippen molar-refractivity contribution in [3.63, 3.8) is 0 Å². The van der Waals surface area contributed by atoms with Crippen LogP contribution in [0, 0.1) is 0 Å². The van der Waals surface area contributed by atoms with E-state index in [2.05, 4.69) is 10.1 Å². The van der Waals surface area contributed by atoms with E-state index in [1.807, 2.05) is 0 Å². The minimum Gasteiger partial charge on any atom is -0.480 e. The lowest BCUT2D eigenvalue weighted by Gasteiger charge is -2.25. The average Bonchev–Trinajstić information content (AvgIpc) is 2.86. The Kier molecular flexibility index (Phi) is 5.75. The van der Waals surface area contributed by atoms with Gasteiger partial charge in [-0.2, -0.15) is 0 Å². The van der Waals surface area contributed by atoms with Gasteiger partial charge < -0.3 is 20.1 Å².